The Hall–Kier alpha value is -2.90. The third-order valence-electron chi connectivity index (χ3n) is 6.17. The average Bonchev–Trinajstić information content (AvgIpc) is 2.99. The molecule has 0 aliphatic carbocycles. The van der Waals surface area contributed by atoms with E-state index in [1.54, 1.807) is 9.58 Å². The maximum absolute atomic E-state index is 12.8. The van der Waals surface area contributed by atoms with Crippen LogP contribution in [0, 0.1) is 13.8 Å². The summed E-state index contributed by atoms with van der Waals surface area (Å²) in [6.07, 6.45) is 2.88. The van der Waals surface area contributed by atoms with E-state index in [-0.39, 0.29) is 17.9 Å². The third kappa shape index (κ3) is 4.17. The van der Waals surface area contributed by atoms with Crippen molar-refractivity contribution in [2.75, 3.05) is 13.6 Å². The van der Waals surface area contributed by atoms with E-state index < -0.39 is 5.60 Å². The zero-order valence-corrected chi connectivity index (χ0v) is 17.9. The first kappa shape index (κ1) is 20.4. The average molecular weight is 412 g/mol. The Kier molecular flexibility index (Phi) is 5.49. The van der Waals surface area contributed by atoms with Crippen molar-refractivity contribution in [3.63, 3.8) is 0 Å². The van der Waals surface area contributed by atoms with E-state index in [1.807, 2.05) is 45.2 Å². The van der Waals surface area contributed by atoms with Gasteiger partial charge in [-0.2, -0.15) is 5.10 Å². The number of likely N-dealkylation sites (tertiary alicyclic amines) is 1. The fourth-order valence-electron chi connectivity index (χ4n) is 4.45. The van der Waals surface area contributed by atoms with Crippen LogP contribution in [0.2, 0.25) is 0 Å². The van der Waals surface area contributed by atoms with Gasteiger partial charge in [0.25, 0.3) is 0 Å². The number of ether oxygens (including phenoxy) is 1. The van der Waals surface area contributed by atoms with Gasteiger partial charge in [0, 0.05) is 44.8 Å². The Balaban J connectivity index is 1.49. The minimum absolute atomic E-state index is 0.0266. The van der Waals surface area contributed by atoms with Crippen LogP contribution in [0.3, 0.4) is 0 Å². The summed E-state index contributed by atoms with van der Waals surface area (Å²) in [5, 5.41) is 7.53. The molecule has 1 saturated heterocycles. The number of nitrogens with zero attached hydrogens (tertiary/aromatic N) is 4. The van der Waals surface area contributed by atoms with Gasteiger partial charge >= 0.3 is 0 Å². The van der Waals surface area contributed by atoms with Crippen LogP contribution in [-0.4, -0.2) is 50.7 Å². The molecule has 30 heavy (non-hydrogen) atoms. The predicted octanol–water partition coefficient (Wildman–Crippen LogP) is 2.31. The highest BCUT2D eigenvalue weighted by molar-refractivity contribution is 5.77. The van der Waals surface area contributed by atoms with E-state index >= 15 is 0 Å². The molecular formula is C22H29N5O3. The molecule has 2 aliphatic heterocycles. The van der Waals surface area contributed by atoms with Crippen LogP contribution in [0.1, 0.15) is 55.4 Å². The summed E-state index contributed by atoms with van der Waals surface area (Å²) in [4.78, 5) is 31.0. The number of para-hydroxylation sites is 1. The second kappa shape index (κ2) is 8.08. The van der Waals surface area contributed by atoms with Crippen molar-refractivity contribution in [2.24, 2.45) is 0 Å². The highest BCUT2D eigenvalue weighted by Gasteiger charge is 2.43. The summed E-state index contributed by atoms with van der Waals surface area (Å²) < 4.78 is 8.21. The van der Waals surface area contributed by atoms with Crippen LogP contribution in [-0.2, 0) is 16.1 Å². The van der Waals surface area contributed by atoms with Gasteiger partial charge in [-0.1, -0.05) is 18.2 Å². The molecule has 160 valence electrons. The molecule has 4 rings (SSSR count). The van der Waals surface area contributed by atoms with E-state index in [4.69, 9.17) is 4.74 Å². The van der Waals surface area contributed by atoms with Crippen LogP contribution in [0.25, 0.3) is 0 Å². The summed E-state index contributed by atoms with van der Waals surface area (Å²) in [6, 6.07) is 7.73. The van der Waals surface area contributed by atoms with Gasteiger partial charge < -0.3 is 15.0 Å². The number of aryl methyl sites for hydroxylation is 3. The van der Waals surface area contributed by atoms with Crippen LogP contribution in [0.5, 0.6) is 5.75 Å². The first-order chi connectivity index (χ1) is 14.3. The van der Waals surface area contributed by atoms with Crippen molar-refractivity contribution in [2.45, 2.75) is 64.1 Å². The summed E-state index contributed by atoms with van der Waals surface area (Å²) in [5.41, 5.74) is 0.556. The molecule has 2 aromatic rings. The molecule has 8 heteroatoms. The van der Waals surface area contributed by atoms with Crippen molar-refractivity contribution in [1.82, 2.24) is 25.0 Å². The van der Waals surface area contributed by atoms with Gasteiger partial charge in [0.05, 0.1) is 12.6 Å². The number of rotatable bonds is 4. The molecule has 1 spiro atoms. The van der Waals surface area contributed by atoms with Crippen LogP contribution >= 0.6 is 0 Å². The first-order valence-electron chi connectivity index (χ1n) is 10.5. The Morgan fingerprint density at radius 1 is 1.30 bits per heavy atom. The lowest BCUT2D eigenvalue weighted by Crippen LogP contribution is -2.46. The second-order valence-electron chi connectivity index (χ2n) is 8.39. The van der Waals surface area contributed by atoms with Crippen molar-refractivity contribution >= 4 is 11.8 Å². The normalized spacial score (nSPS) is 23.6. The van der Waals surface area contributed by atoms with Crippen molar-refractivity contribution in [1.29, 1.82) is 0 Å². The summed E-state index contributed by atoms with van der Waals surface area (Å²) in [7, 11) is 1.84. The second-order valence-corrected chi connectivity index (χ2v) is 8.39. The van der Waals surface area contributed by atoms with Crippen molar-refractivity contribution in [3.8, 4) is 5.75 Å². The highest BCUT2D eigenvalue weighted by Crippen LogP contribution is 2.44. The molecule has 1 aromatic carbocycles. The number of amides is 2. The van der Waals surface area contributed by atoms with Gasteiger partial charge in [0.2, 0.25) is 11.8 Å². The standard InChI is InChI=1S/C22H29N5O3/c1-15-23-16(2)27(25-15)12-9-20(28)24-18-14-22(10-8-21(29)26(3)13-11-22)30-19-7-5-4-6-17(18)19/h4-7,18H,8-14H2,1-3H3,(H,24,28)/t18-,22+/m0/s1. The van der Waals surface area contributed by atoms with Crippen molar-refractivity contribution in [3.05, 3.63) is 41.5 Å². The van der Waals surface area contributed by atoms with Crippen LogP contribution in [0.15, 0.2) is 24.3 Å². The molecule has 0 unspecified atom stereocenters. The fraction of sp³-hybridized carbons (Fsp3) is 0.545. The lowest BCUT2D eigenvalue weighted by atomic mass is 9.82. The maximum Gasteiger partial charge on any atom is 0.222 e. The fourth-order valence-corrected chi connectivity index (χ4v) is 4.45. The molecule has 2 atom stereocenters. The lowest BCUT2D eigenvalue weighted by molar-refractivity contribution is -0.129. The van der Waals surface area contributed by atoms with Gasteiger partial charge in [-0.3, -0.25) is 9.59 Å². The molecular weight excluding hydrogens is 382 g/mol. The monoisotopic (exact) mass is 411 g/mol. The Bertz CT molecular complexity index is 956. The summed E-state index contributed by atoms with van der Waals surface area (Å²) in [6.45, 7) is 4.89. The Morgan fingerprint density at radius 2 is 2.10 bits per heavy atom. The van der Waals surface area contributed by atoms with Gasteiger partial charge in [0.15, 0.2) is 0 Å². The number of aromatic nitrogens is 3. The topological polar surface area (TPSA) is 89.4 Å². The van der Waals surface area contributed by atoms with Gasteiger partial charge in [0.1, 0.15) is 23.0 Å². The minimum Gasteiger partial charge on any atom is -0.487 e. The number of hydrogen-bond donors (Lipinski definition) is 1. The number of fused-ring (bicyclic) bond motifs is 1. The van der Waals surface area contributed by atoms with Gasteiger partial charge in [-0.15, -0.1) is 0 Å². The first-order valence-corrected chi connectivity index (χ1v) is 10.5. The highest BCUT2D eigenvalue weighted by atomic mass is 16.5. The maximum atomic E-state index is 12.8. The Labute approximate surface area is 176 Å². The number of carbonyl (C=O) groups excluding carboxylic acids is 2. The minimum atomic E-state index is -0.438. The lowest BCUT2D eigenvalue weighted by Gasteiger charge is -2.42. The molecule has 0 saturated carbocycles. The molecule has 2 amide bonds. The Morgan fingerprint density at radius 3 is 2.87 bits per heavy atom. The summed E-state index contributed by atoms with van der Waals surface area (Å²) in [5.74, 6) is 2.44. The van der Waals surface area contributed by atoms with E-state index in [0.717, 1.165) is 23.6 Å². The molecule has 2 aliphatic rings. The van der Waals surface area contributed by atoms with E-state index in [0.29, 0.717) is 44.6 Å². The summed E-state index contributed by atoms with van der Waals surface area (Å²) >= 11 is 0. The SMILES string of the molecule is Cc1nc(C)n(CCC(=O)N[C@H]2C[C@]3(CCC(=O)N(C)CC3)Oc3ccccc32)n1. The largest absolute Gasteiger partial charge is 0.487 e. The number of benzene rings is 1. The third-order valence-corrected chi connectivity index (χ3v) is 6.17. The quantitative estimate of drug-likeness (QED) is 0.834. The van der Waals surface area contributed by atoms with E-state index in [2.05, 4.69) is 15.4 Å². The molecule has 8 nitrogen and oxygen atoms in total. The molecule has 0 radical (unpaired) electrons. The molecule has 0 bridgehead atoms. The zero-order chi connectivity index (χ0) is 21.3. The smallest absolute Gasteiger partial charge is 0.222 e. The zero-order valence-electron chi connectivity index (χ0n) is 17.9. The molecule has 3 heterocycles. The molecule has 1 N–H and O–H groups in total. The van der Waals surface area contributed by atoms with Gasteiger partial charge in [-0.05, 0) is 26.3 Å². The number of nitrogens with one attached hydrogen (secondary N) is 1. The molecule has 1 fully saturated rings. The van der Waals surface area contributed by atoms with Crippen LogP contribution < -0.4 is 10.1 Å². The number of hydrogen-bond acceptors (Lipinski definition) is 5. The molecule has 1 aromatic heterocycles. The van der Waals surface area contributed by atoms with Crippen molar-refractivity contribution < 1.29 is 14.3 Å². The van der Waals surface area contributed by atoms with Gasteiger partial charge in [-0.25, -0.2) is 9.67 Å². The van der Waals surface area contributed by atoms with E-state index in [9.17, 15) is 9.59 Å². The van der Waals surface area contributed by atoms with E-state index in [1.165, 1.54) is 0 Å². The predicted molar refractivity (Wildman–Crippen MR) is 111 cm³/mol. The number of carbonyl (C=O) groups is 2. The van der Waals surface area contributed by atoms with Crippen LogP contribution in [0.4, 0.5) is 0 Å².